The van der Waals surface area contributed by atoms with Crippen LogP contribution in [0.4, 0.5) is 15.9 Å². The SMILES string of the molecule is CC(=O)Nc1ccc2c(c1)C[C@@]1(C2)C(=O)Nc2ncccc21.COCC(COC)n1c(=O)[nH]cc(-c2cccc(F)c2Cl)c1=O. The number of rotatable bonds is 7. The molecule has 13 heteroatoms. The number of benzene rings is 2. The highest BCUT2D eigenvalue weighted by molar-refractivity contribution is 6.33. The number of fused-ring (bicyclic) bond motifs is 3. The number of anilines is 2. The van der Waals surface area contributed by atoms with Gasteiger partial charge in [-0.05, 0) is 48.2 Å². The molecule has 1 aliphatic carbocycles. The standard InChI is InChI=1S/C17H15N3O2.C15H16ClFN2O4/c1-10(21)19-13-5-4-11-8-17(9-12(11)7-13)14-3-2-6-18-15(14)20-16(17)22;1-22-7-9(8-23-2)19-14(20)11(6-18-15(19)21)10-4-3-5-12(17)13(10)16/h2-7H,8-9H2,1H3,(H,19,21)(H,18,20,22);3-6,9H,7-8H2,1-2H3,(H,18,21)/t17-;/m1./s1. The number of pyridine rings is 1. The van der Waals surface area contributed by atoms with Gasteiger partial charge in [0.2, 0.25) is 11.8 Å². The lowest BCUT2D eigenvalue weighted by Crippen LogP contribution is -2.41. The van der Waals surface area contributed by atoms with E-state index in [9.17, 15) is 23.6 Å². The molecular weight excluding hydrogens is 605 g/mol. The van der Waals surface area contributed by atoms with E-state index in [1.165, 1.54) is 45.5 Å². The summed E-state index contributed by atoms with van der Waals surface area (Å²) in [5.41, 5.74) is 2.54. The normalized spacial score (nSPS) is 16.2. The number of aromatic amines is 1. The number of hydrogen-bond acceptors (Lipinski definition) is 7. The van der Waals surface area contributed by atoms with Crippen molar-refractivity contribution in [2.24, 2.45) is 0 Å². The van der Waals surface area contributed by atoms with E-state index in [-0.39, 0.29) is 41.2 Å². The molecule has 0 unspecified atom stereocenters. The molecule has 0 fully saturated rings. The Morgan fingerprint density at radius 3 is 2.51 bits per heavy atom. The minimum atomic E-state index is -0.647. The van der Waals surface area contributed by atoms with Crippen molar-refractivity contribution in [3.63, 3.8) is 0 Å². The number of H-pyrrole nitrogens is 1. The minimum absolute atomic E-state index is 0.0125. The van der Waals surface area contributed by atoms with Gasteiger partial charge in [0.05, 0.1) is 35.3 Å². The fourth-order valence-electron chi connectivity index (χ4n) is 5.85. The monoisotopic (exact) mass is 635 g/mol. The molecule has 1 spiro atoms. The zero-order valence-electron chi connectivity index (χ0n) is 24.8. The predicted octanol–water partition coefficient (Wildman–Crippen LogP) is 3.86. The van der Waals surface area contributed by atoms with Crippen LogP contribution in [0.3, 0.4) is 0 Å². The van der Waals surface area contributed by atoms with Crippen molar-refractivity contribution in [1.82, 2.24) is 14.5 Å². The highest BCUT2D eigenvalue weighted by Crippen LogP contribution is 2.46. The van der Waals surface area contributed by atoms with Gasteiger partial charge < -0.3 is 25.1 Å². The van der Waals surface area contributed by atoms with Gasteiger partial charge >= 0.3 is 5.69 Å². The van der Waals surface area contributed by atoms with E-state index in [4.69, 9.17) is 21.1 Å². The van der Waals surface area contributed by atoms with Gasteiger partial charge in [-0.3, -0.25) is 19.0 Å². The molecule has 234 valence electrons. The zero-order valence-corrected chi connectivity index (χ0v) is 25.5. The van der Waals surface area contributed by atoms with Gasteiger partial charge in [-0.1, -0.05) is 35.9 Å². The summed E-state index contributed by atoms with van der Waals surface area (Å²) in [5, 5.41) is 5.50. The summed E-state index contributed by atoms with van der Waals surface area (Å²) in [6.07, 6.45) is 4.22. The Morgan fingerprint density at radius 1 is 1.07 bits per heavy atom. The van der Waals surface area contributed by atoms with Gasteiger partial charge in [0, 0.05) is 50.4 Å². The minimum Gasteiger partial charge on any atom is -0.382 e. The van der Waals surface area contributed by atoms with Crippen LogP contribution in [0.25, 0.3) is 11.1 Å². The van der Waals surface area contributed by atoms with E-state index in [0.717, 1.165) is 26.9 Å². The Bertz CT molecular complexity index is 1890. The number of nitrogens with zero attached hydrogens (tertiary/aromatic N) is 2. The third-order valence-electron chi connectivity index (χ3n) is 7.83. The summed E-state index contributed by atoms with van der Waals surface area (Å²) in [7, 11) is 2.91. The number of hydrogen-bond donors (Lipinski definition) is 3. The molecule has 11 nitrogen and oxygen atoms in total. The molecule has 1 aliphatic heterocycles. The average Bonchev–Trinajstić information content (AvgIpc) is 3.52. The van der Waals surface area contributed by atoms with Gasteiger partial charge in [0.25, 0.3) is 5.56 Å². The van der Waals surface area contributed by atoms with E-state index in [1.54, 1.807) is 6.20 Å². The number of ether oxygens (including phenoxy) is 2. The fourth-order valence-corrected chi connectivity index (χ4v) is 6.08. The number of carbonyl (C=O) groups is 2. The lowest BCUT2D eigenvalue weighted by molar-refractivity contribution is -0.120. The van der Waals surface area contributed by atoms with Gasteiger partial charge in [0.1, 0.15) is 11.6 Å². The Morgan fingerprint density at radius 2 is 1.80 bits per heavy atom. The van der Waals surface area contributed by atoms with Gasteiger partial charge in [-0.25, -0.2) is 14.2 Å². The van der Waals surface area contributed by atoms with Gasteiger partial charge in [-0.15, -0.1) is 0 Å². The number of carbonyl (C=O) groups excluding carboxylic acids is 2. The molecule has 3 heterocycles. The first kappa shape index (κ1) is 31.8. The van der Waals surface area contributed by atoms with Crippen molar-refractivity contribution in [2.75, 3.05) is 38.1 Å². The molecular formula is C32H31ClFN5O6. The van der Waals surface area contributed by atoms with E-state index in [1.807, 2.05) is 30.3 Å². The van der Waals surface area contributed by atoms with Gasteiger partial charge in [-0.2, -0.15) is 0 Å². The number of halogens is 2. The zero-order chi connectivity index (χ0) is 32.3. The van der Waals surface area contributed by atoms with Crippen molar-refractivity contribution in [2.45, 2.75) is 31.2 Å². The van der Waals surface area contributed by atoms with Crippen LogP contribution < -0.4 is 21.9 Å². The van der Waals surface area contributed by atoms with Crippen molar-refractivity contribution >= 4 is 34.9 Å². The molecule has 2 aromatic carbocycles. The van der Waals surface area contributed by atoms with Crippen LogP contribution in [0.2, 0.25) is 5.02 Å². The maximum absolute atomic E-state index is 13.6. The van der Waals surface area contributed by atoms with Crippen LogP contribution in [0.1, 0.15) is 29.7 Å². The van der Waals surface area contributed by atoms with Crippen LogP contribution in [0.5, 0.6) is 0 Å². The van der Waals surface area contributed by atoms with Crippen LogP contribution in [-0.4, -0.2) is 53.8 Å². The molecule has 6 rings (SSSR count). The summed E-state index contributed by atoms with van der Waals surface area (Å²) in [4.78, 5) is 55.2. The van der Waals surface area contributed by atoms with Crippen molar-refractivity contribution < 1.29 is 23.5 Å². The van der Waals surface area contributed by atoms with Gasteiger partial charge in [0.15, 0.2) is 0 Å². The summed E-state index contributed by atoms with van der Waals surface area (Å²) in [5.74, 6) is -0.0617. The maximum atomic E-state index is 13.6. The highest BCUT2D eigenvalue weighted by Gasteiger charge is 2.51. The first-order valence-corrected chi connectivity index (χ1v) is 14.4. The van der Waals surface area contributed by atoms with Crippen LogP contribution in [-0.2, 0) is 37.3 Å². The quantitative estimate of drug-likeness (QED) is 0.280. The second kappa shape index (κ2) is 13.1. The van der Waals surface area contributed by atoms with E-state index in [2.05, 4.69) is 20.6 Å². The molecule has 2 amide bonds. The maximum Gasteiger partial charge on any atom is 0.328 e. The highest BCUT2D eigenvalue weighted by atomic mass is 35.5. The van der Waals surface area contributed by atoms with Crippen LogP contribution >= 0.6 is 11.6 Å². The molecule has 2 aliphatic rings. The van der Waals surface area contributed by atoms with Crippen LogP contribution in [0, 0.1) is 5.82 Å². The second-order valence-corrected chi connectivity index (χ2v) is 11.2. The van der Waals surface area contributed by atoms with Crippen molar-refractivity contribution in [3.8, 4) is 11.1 Å². The first-order valence-electron chi connectivity index (χ1n) is 14.0. The molecule has 0 saturated carbocycles. The number of methoxy groups -OCH3 is 2. The van der Waals surface area contributed by atoms with Crippen molar-refractivity contribution in [1.29, 1.82) is 0 Å². The average molecular weight is 636 g/mol. The summed E-state index contributed by atoms with van der Waals surface area (Å²) in [6.45, 7) is 1.70. The first-order chi connectivity index (χ1) is 21.6. The molecule has 45 heavy (non-hydrogen) atoms. The molecule has 4 aromatic rings. The summed E-state index contributed by atoms with van der Waals surface area (Å²) < 4.78 is 24.7. The number of amides is 2. The number of aromatic nitrogens is 3. The molecule has 1 atom stereocenters. The van der Waals surface area contributed by atoms with E-state index in [0.29, 0.717) is 18.7 Å². The lowest BCUT2D eigenvalue weighted by atomic mass is 9.79. The lowest BCUT2D eigenvalue weighted by Gasteiger charge is -2.20. The Hall–Kier alpha value is -4.65. The molecule has 3 N–H and O–H groups in total. The van der Waals surface area contributed by atoms with Crippen LogP contribution in [0.15, 0.2) is 70.5 Å². The Kier molecular flexibility index (Phi) is 9.28. The molecule has 0 saturated heterocycles. The summed E-state index contributed by atoms with van der Waals surface area (Å²) in [6, 6.07) is 13.2. The van der Waals surface area contributed by atoms with Crippen molar-refractivity contribution in [3.05, 3.63) is 109 Å². The largest absolute Gasteiger partial charge is 0.382 e. The smallest absolute Gasteiger partial charge is 0.328 e. The fraction of sp³-hybridized carbons (Fsp3) is 0.281. The molecule has 2 aromatic heterocycles. The Labute approximate surface area is 262 Å². The predicted molar refractivity (Wildman–Crippen MR) is 167 cm³/mol. The topological polar surface area (TPSA) is 144 Å². The third-order valence-corrected chi connectivity index (χ3v) is 8.22. The Balaban J connectivity index is 0.000000178. The molecule has 0 bridgehead atoms. The third kappa shape index (κ3) is 6.17. The molecule has 0 radical (unpaired) electrons. The summed E-state index contributed by atoms with van der Waals surface area (Å²) >= 11 is 5.93. The van der Waals surface area contributed by atoms with E-state index >= 15 is 0 Å². The van der Waals surface area contributed by atoms with E-state index < -0.39 is 28.5 Å². The second-order valence-electron chi connectivity index (χ2n) is 10.8. The number of nitrogens with one attached hydrogen (secondary N) is 3.